The molecular formula is C23H23N3O3S. The van der Waals surface area contributed by atoms with Crippen molar-refractivity contribution in [2.24, 2.45) is 5.92 Å². The largest absolute Gasteiger partial charge is 0.472 e. The van der Waals surface area contributed by atoms with E-state index in [1.165, 1.54) is 18.1 Å². The van der Waals surface area contributed by atoms with Gasteiger partial charge in [0.25, 0.3) is 5.91 Å². The molecule has 1 atom stereocenters. The number of piperidine rings is 1. The Bertz CT molecular complexity index is 1090. The number of nitrogens with zero attached hydrogens (tertiary/aromatic N) is 3. The minimum absolute atomic E-state index is 0.0636. The summed E-state index contributed by atoms with van der Waals surface area (Å²) in [6, 6.07) is 7.93. The number of thiazole rings is 1. The van der Waals surface area contributed by atoms with Crippen molar-refractivity contribution in [3.8, 4) is 11.3 Å². The average Bonchev–Trinajstić information content (AvgIpc) is 3.53. The predicted octanol–water partition coefficient (Wildman–Crippen LogP) is 4.15. The summed E-state index contributed by atoms with van der Waals surface area (Å²) in [5.41, 5.74) is 4.81. The number of fused-ring (bicyclic) bond motifs is 1. The van der Waals surface area contributed by atoms with Crippen LogP contribution >= 0.6 is 11.3 Å². The Morgan fingerprint density at radius 1 is 1.23 bits per heavy atom. The molecule has 2 aliphatic heterocycles. The highest BCUT2D eigenvalue weighted by atomic mass is 32.1. The zero-order valence-electron chi connectivity index (χ0n) is 16.8. The maximum Gasteiger partial charge on any atom is 0.257 e. The van der Waals surface area contributed by atoms with Gasteiger partial charge in [-0.25, -0.2) is 4.98 Å². The number of rotatable bonds is 3. The first kappa shape index (κ1) is 19.1. The smallest absolute Gasteiger partial charge is 0.257 e. The Balaban J connectivity index is 1.32. The van der Waals surface area contributed by atoms with E-state index < -0.39 is 0 Å². The average molecular weight is 422 g/mol. The monoisotopic (exact) mass is 421 g/mol. The van der Waals surface area contributed by atoms with Crippen LogP contribution in [0.4, 0.5) is 5.69 Å². The summed E-state index contributed by atoms with van der Waals surface area (Å²) in [5, 5.41) is 3.12. The Morgan fingerprint density at radius 2 is 2.13 bits per heavy atom. The van der Waals surface area contributed by atoms with Crippen molar-refractivity contribution in [1.82, 2.24) is 9.88 Å². The van der Waals surface area contributed by atoms with E-state index in [4.69, 9.17) is 4.42 Å². The van der Waals surface area contributed by atoms with Gasteiger partial charge in [0.05, 0.1) is 28.4 Å². The zero-order valence-corrected chi connectivity index (χ0v) is 17.7. The topological polar surface area (TPSA) is 66.7 Å². The first-order valence-electron chi connectivity index (χ1n) is 10.3. The Labute approximate surface area is 179 Å². The minimum Gasteiger partial charge on any atom is -0.472 e. The fraction of sp³-hybridized carbons (Fsp3) is 0.348. The molecule has 0 radical (unpaired) electrons. The van der Waals surface area contributed by atoms with Gasteiger partial charge in [0.15, 0.2) is 0 Å². The Hall–Kier alpha value is -2.93. The lowest BCUT2D eigenvalue weighted by molar-refractivity contribution is -0.123. The van der Waals surface area contributed by atoms with Crippen LogP contribution in [0, 0.1) is 12.8 Å². The highest BCUT2D eigenvalue weighted by Gasteiger charge is 2.34. The second-order valence-electron chi connectivity index (χ2n) is 7.94. The van der Waals surface area contributed by atoms with Gasteiger partial charge in [0, 0.05) is 36.3 Å². The summed E-state index contributed by atoms with van der Waals surface area (Å²) in [5.74, 6) is -0.108. The normalized spacial score (nSPS) is 18.5. The number of carbonyl (C=O) groups is 2. The number of likely N-dealkylation sites (tertiary alicyclic amines) is 1. The quantitative estimate of drug-likeness (QED) is 0.637. The summed E-state index contributed by atoms with van der Waals surface area (Å²) in [7, 11) is 0. The molecule has 0 spiro atoms. The number of amides is 2. The number of hydrogen-bond donors (Lipinski definition) is 0. The number of aromatic nitrogens is 1. The molecule has 3 aromatic rings. The number of furan rings is 1. The van der Waals surface area contributed by atoms with Crippen LogP contribution in [0.5, 0.6) is 0 Å². The van der Waals surface area contributed by atoms with E-state index in [2.05, 4.69) is 22.5 Å². The van der Waals surface area contributed by atoms with Crippen LogP contribution in [-0.2, 0) is 11.2 Å². The lowest BCUT2D eigenvalue weighted by atomic mass is 9.96. The molecule has 6 nitrogen and oxygen atoms in total. The lowest BCUT2D eigenvalue weighted by Crippen LogP contribution is -2.46. The van der Waals surface area contributed by atoms with E-state index >= 15 is 0 Å². The van der Waals surface area contributed by atoms with Crippen LogP contribution in [0.2, 0.25) is 0 Å². The summed E-state index contributed by atoms with van der Waals surface area (Å²) in [4.78, 5) is 34.3. The Kier molecular flexibility index (Phi) is 4.90. The van der Waals surface area contributed by atoms with Crippen molar-refractivity contribution >= 4 is 28.8 Å². The van der Waals surface area contributed by atoms with Crippen LogP contribution in [0.25, 0.3) is 11.3 Å². The van der Waals surface area contributed by atoms with Crippen LogP contribution in [0.3, 0.4) is 0 Å². The van der Waals surface area contributed by atoms with Gasteiger partial charge in [-0.3, -0.25) is 9.59 Å². The van der Waals surface area contributed by atoms with Crippen molar-refractivity contribution in [2.45, 2.75) is 26.2 Å². The number of anilines is 1. The van der Waals surface area contributed by atoms with Gasteiger partial charge < -0.3 is 14.2 Å². The molecule has 2 aliphatic rings. The molecule has 0 unspecified atom stereocenters. The summed E-state index contributed by atoms with van der Waals surface area (Å²) < 4.78 is 5.04. The SMILES string of the molecule is Cc1nc(-c2ccc3c(c2)CCN3C(=O)[C@@H]2CCCN(C(=O)c3ccoc3)C2)cs1. The first-order valence-corrected chi connectivity index (χ1v) is 11.2. The van der Waals surface area contributed by atoms with Gasteiger partial charge in [0.2, 0.25) is 5.91 Å². The van der Waals surface area contributed by atoms with Crippen molar-refractivity contribution < 1.29 is 14.0 Å². The van der Waals surface area contributed by atoms with Gasteiger partial charge in [-0.05, 0) is 49.9 Å². The van der Waals surface area contributed by atoms with Crippen molar-refractivity contribution in [3.05, 3.63) is 58.3 Å². The molecule has 4 heterocycles. The third kappa shape index (κ3) is 3.43. The highest BCUT2D eigenvalue weighted by Crippen LogP contribution is 2.34. The van der Waals surface area contributed by atoms with E-state index in [9.17, 15) is 9.59 Å². The molecule has 0 saturated carbocycles. The molecule has 0 bridgehead atoms. The summed E-state index contributed by atoms with van der Waals surface area (Å²) >= 11 is 1.64. The summed E-state index contributed by atoms with van der Waals surface area (Å²) in [6.45, 7) is 3.85. The maximum absolute atomic E-state index is 13.3. The first-order chi connectivity index (χ1) is 14.6. The molecule has 2 amide bonds. The molecule has 0 aliphatic carbocycles. The second-order valence-corrected chi connectivity index (χ2v) is 9.00. The van der Waals surface area contributed by atoms with Gasteiger partial charge in [-0.1, -0.05) is 6.07 Å². The molecule has 7 heteroatoms. The molecule has 1 fully saturated rings. The fourth-order valence-electron chi connectivity index (χ4n) is 4.44. The van der Waals surface area contributed by atoms with E-state index in [-0.39, 0.29) is 17.7 Å². The van der Waals surface area contributed by atoms with Crippen molar-refractivity contribution in [2.75, 3.05) is 24.5 Å². The molecule has 2 aromatic heterocycles. The molecular weight excluding hydrogens is 398 g/mol. The van der Waals surface area contributed by atoms with Gasteiger partial charge in [0.1, 0.15) is 6.26 Å². The van der Waals surface area contributed by atoms with Gasteiger partial charge in [-0.15, -0.1) is 11.3 Å². The van der Waals surface area contributed by atoms with E-state index in [0.29, 0.717) is 25.2 Å². The van der Waals surface area contributed by atoms with Gasteiger partial charge >= 0.3 is 0 Å². The third-order valence-electron chi connectivity index (χ3n) is 5.98. The van der Waals surface area contributed by atoms with E-state index in [1.807, 2.05) is 17.9 Å². The van der Waals surface area contributed by atoms with Crippen molar-refractivity contribution in [3.63, 3.8) is 0 Å². The number of benzene rings is 1. The third-order valence-corrected chi connectivity index (χ3v) is 6.76. The van der Waals surface area contributed by atoms with E-state index in [0.717, 1.165) is 41.2 Å². The predicted molar refractivity (Wildman–Crippen MR) is 116 cm³/mol. The second kappa shape index (κ2) is 7.72. The molecule has 1 aromatic carbocycles. The molecule has 0 N–H and O–H groups in total. The minimum atomic E-state index is -0.165. The number of hydrogen-bond acceptors (Lipinski definition) is 5. The van der Waals surface area contributed by atoms with Crippen LogP contribution in [0.15, 0.2) is 46.6 Å². The lowest BCUT2D eigenvalue weighted by Gasteiger charge is -2.34. The molecule has 30 heavy (non-hydrogen) atoms. The molecule has 5 rings (SSSR count). The fourth-order valence-corrected chi connectivity index (χ4v) is 5.06. The summed E-state index contributed by atoms with van der Waals surface area (Å²) in [6.07, 6.45) is 5.47. The molecule has 154 valence electrons. The van der Waals surface area contributed by atoms with E-state index in [1.54, 1.807) is 22.3 Å². The number of aryl methyl sites for hydroxylation is 1. The standard InChI is InChI=1S/C23H23N3O3S/c1-15-24-20(14-30-15)16-4-5-21-17(11-16)6-9-26(21)23(28)18-3-2-8-25(12-18)22(27)19-7-10-29-13-19/h4-5,7,10-11,13-14,18H,2-3,6,8-9,12H2,1H3/t18-/m1/s1. The maximum atomic E-state index is 13.3. The zero-order chi connectivity index (χ0) is 20.7. The van der Waals surface area contributed by atoms with Crippen LogP contribution in [-0.4, -0.2) is 41.3 Å². The van der Waals surface area contributed by atoms with Crippen LogP contribution < -0.4 is 4.90 Å². The highest BCUT2D eigenvalue weighted by molar-refractivity contribution is 7.09. The van der Waals surface area contributed by atoms with Crippen LogP contribution in [0.1, 0.15) is 33.8 Å². The molecule has 1 saturated heterocycles. The van der Waals surface area contributed by atoms with Crippen molar-refractivity contribution in [1.29, 1.82) is 0 Å². The van der Waals surface area contributed by atoms with Gasteiger partial charge in [-0.2, -0.15) is 0 Å². The number of carbonyl (C=O) groups excluding carboxylic acids is 2. The Morgan fingerprint density at radius 3 is 2.90 bits per heavy atom.